The molecule has 3 rings (SSSR count). The minimum atomic E-state index is 0.778. The first-order valence-corrected chi connectivity index (χ1v) is 7.84. The van der Waals surface area contributed by atoms with Crippen LogP contribution in [0.1, 0.15) is 17.0 Å². The summed E-state index contributed by atoms with van der Waals surface area (Å²) in [6.07, 6.45) is 4.01. The summed E-state index contributed by atoms with van der Waals surface area (Å²) in [5.74, 6) is 1.82. The van der Waals surface area contributed by atoms with Gasteiger partial charge in [0.25, 0.3) is 0 Å². The number of anilines is 1. The van der Waals surface area contributed by atoms with E-state index in [-0.39, 0.29) is 0 Å². The number of amidine groups is 1. The summed E-state index contributed by atoms with van der Waals surface area (Å²) in [6.45, 7) is 2.90. The molecule has 21 heavy (non-hydrogen) atoms. The Morgan fingerprint density at radius 1 is 1.29 bits per heavy atom. The molecule has 2 aromatic rings. The Bertz CT molecular complexity index is 676. The zero-order chi connectivity index (χ0) is 14.7. The van der Waals surface area contributed by atoms with E-state index in [0.29, 0.717) is 0 Å². The molecule has 1 aromatic carbocycles. The molecule has 0 atom stereocenters. The van der Waals surface area contributed by atoms with E-state index in [9.17, 15) is 0 Å². The van der Waals surface area contributed by atoms with Gasteiger partial charge in [-0.15, -0.1) is 0 Å². The van der Waals surface area contributed by atoms with E-state index in [2.05, 4.69) is 27.2 Å². The molecule has 2 heterocycles. The summed E-state index contributed by atoms with van der Waals surface area (Å²) in [4.78, 5) is 6.52. The van der Waals surface area contributed by atoms with E-state index < -0.39 is 0 Å². The monoisotopic (exact) mass is 299 g/mol. The van der Waals surface area contributed by atoms with Gasteiger partial charge in [-0.25, -0.2) is 0 Å². The quantitative estimate of drug-likeness (QED) is 0.866. The highest BCUT2D eigenvalue weighted by atomic mass is 32.2. The Morgan fingerprint density at radius 3 is 2.86 bits per heavy atom. The summed E-state index contributed by atoms with van der Waals surface area (Å²) in [7, 11) is 1.82. The Kier molecular flexibility index (Phi) is 4.10. The standard InChI is InChI=1S/C16H17N3OS/c1-12-15(19-10-11-21-16(19)17-2)14(20-18-12)9-8-13-6-4-3-5-7-13/h3-9H,10-11H2,1-2H3/b9-8+,17-16?. The third kappa shape index (κ3) is 2.88. The number of hydrogen-bond donors (Lipinski definition) is 0. The molecule has 5 heteroatoms. The van der Waals surface area contributed by atoms with Crippen molar-refractivity contribution in [3.63, 3.8) is 0 Å². The largest absolute Gasteiger partial charge is 0.354 e. The average molecular weight is 299 g/mol. The highest BCUT2D eigenvalue weighted by molar-refractivity contribution is 8.14. The van der Waals surface area contributed by atoms with Gasteiger partial charge in [0.05, 0.1) is 0 Å². The Labute approximate surface area is 128 Å². The van der Waals surface area contributed by atoms with Gasteiger partial charge in [-0.05, 0) is 18.6 Å². The molecular weight excluding hydrogens is 282 g/mol. The summed E-state index contributed by atoms with van der Waals surface area (Å²) >= 11 is 1.76. The maximum atomic E-state index is 5.48. The molecule has 1 saturated heterocycles. The fourth-order valence-corrected chi connectivity index (χ4v) is 3.27. The van der Waals surface area contributed by atoms with Gasteiger partial charge in [-0.3, -0.25) is 4.99 Å². The van der Waals surface area contributed by atoms with Crippen LogP contribution < -0.4 is 4.90 Å². The van der Waals surface area contributed by atoms with Crippen molar-refractivity contribution in [1.82, 2.24) is 5.16 Å². The van der Waals surface area contributed by atoms with Crippen LogP contribution in [0.25, 0.3) is 12.2 Å². The number of rotatable bonds is 3. The van der Waals surface area contributed by atoms with E-state index in [1.165, 1.54) is 0 Å². The number of benzene rings is 1. The number of aromatic nitrogens is 1. The predicted octanol–water partition coefficient (Wildman–Crippen LogP) is 3.69. The second kappa shape index (κ2) is 6.18. The van der Waals surface area contributed by atoms with Crippen LogP contribution in [0.4, 0.5) is 5.69 Å². The van der Waals surface area contributed by atoms with Gasteiger partial charge >= 0.3 is 0 Å². The van der Waals surface area contributed by atoms with Gasteiger partial charge in [0.1, 0.15) is 11.4 Å². The molecule has 0 radical (unpaired) electrons. The molecule has 1 fully saturated rings. The summed E-state index contributed by atoms with van der Waals surface area (Å²) in [5.41, 5.74) is 3.05. The van der Waals surface area contributed by atoms with Crippen molar-refractivity contribution in [2.45, 2.75) is 6.92 Å². The molecule has 0 spiro atoms. The lowest BCUT2D eigenvalue weighted by Gasteiger charge is -2.16. The topological polar surface area (TPSA) is 41.6 Å². The second-order valence-corrected chi connectivity index (χ2v) is 5.79. The molecule has 0 N–H and O–H groups in total. The Balaban J connectivity index is 1.92. The lowest BCUT2D eigenvalue weighted by molar-refractivity contribution is 0.408. The van der Waals surface area contributed by atoms with Crippen LogP contribution in [-0.4, -0.2) is 29.7 Å². The van der Waals surface area contributed by atoms with Crippen molar-refractivity contribution in [3.8, 4) is 0 Å². The number of aryl methyl sites for hydroxylation is 1. The van der Waals surface area contributed by atoms with Crippen LogP contribution in [0.3, 0.4) is 0 Å². The van der Waals surface area contributed by atoms with Crippen LogP contribution in [0.15, 0.2) is 39.8 Å². The maximum Gasteiger partial charge on any atom is 0.183 e. The van der Waals surface area contributed by atoms with Crippen LogP contribution >= 0.6 is 11.8 Å². The normalized spacial score (nSPS) is 17.2. The van der Waals surface area contributed by atoms with Gasteiger partial charge in [0.15, 0.2) is 10.9 Å². The lowest BCUT2D eigenvalue weighted by Crippen LogP contribution is -2.24. The molecule has 108 valence electrons. The van der Waals surface area contributed by atoms with Crippen molar-refractivity contribution < 1.29 is 4.52 Å². The zero-order valence-electron chi connectivity index (χ0n) is 12.1. The third-order valence-electron chi connectivity index (χ3n) is 3.32. The van der Waals surface area contributed by atoms with Gasteiger partial charge < -0.3 is 9.42 Å². The summed E-state index contributed by atoms with van der Waals surface area (Å²) in [5, 5.41) is 5.13. The summed E-state index contributed by atoms with van der Waals surface area (Å²) < 4.78 is 5.48. The van der Waals surface area contributed by atoms with Gasteiger partial charge in [0.2, 0.25) is 0 Å². The first-order valence-electron chi connectivity index (χ1n) is 6.86. The Hall–Kier alpha value is -2.01. The molecular formula is C16H17N3OS. The van der Waals surface area contributed by atoms with E-state index in [1.807, 2.05) is 44.3 Å². The molecule has 0 bridgehead atoms. The van der Waals surface area contributed by atoms with Gasteiger partial charge in [-0.2, -0.15) is 0 Å². The number of hydrogen-bond acceptors (Lipinski definition) is 4. The highest BCUT2D eigenvalue weighted by Crippen LogP contribution is 2.32. The average Bonchev–Trinajstić information content (AvgIpc) is 3.12. The third-order valence-corrected chi connectivity index (χ3v) is 4.37. The van der Waals surface area contributed by atoms with Crippen molar-refractivity contribution in [2.24, 2.45) is 4.99 Å². The SMILES string of the molecule is CN=C1SCCN1c1c(C)noc1/C=C/c1ccccc1. The number of nitrogens with zero attached hydrogens (tertiary/aromatic N) is 3. The molecule has 0 unspecified atom stereocenters. The summed E-state index contributed by atoms with van der Waals surface area (Å²) in [6, 6.07) is 10.2. The first kappa shape index (κ1) is 13.9. The smallest absolute Gasteiger partial charge is 0.183 e. The first-order chi connectivity index (χ1) is 10.3. The minimum Gasteiger partial charge on any atom is -0.354 e. The van der Waals surface area contributed by atoms with E-state index >= 15 is 0 Å². The van der Waals surface area contributed by atoms with E-state index in [0.717, 1.165) is 40.2 Å². The number of thioether (sulfide) groups is 1. The van der Waals surface area contributed by atoms with Crippen molar-refractivity contribution in [3.05, 3.63) is 47.3 Å². The fourth-order valence-electron chi connectivity index (χ4n) is 2.35. The van der Waals surface area contributed by atoms with E-state index in [4.69, 9.17) is 4.52 Å². The molecule has 0 saturated carbocycles. The zero-order valence-corrected chi connectivity index (χ0v) is 12.9. The molecule has 1 aliphatic rings. The lowest BCUT2D eigenvalue weighted by atomic mass is 10.2. The second-order valence-electron chi connectivity index (χ2n) is 4.73. The van der Waals surface area contributed by atoms with Crippen molar-refractivity contribution in [2.75, 3.05) is 24.2 Å². The van der Waals surface area contributed by atoms with Crippen LogP contribution in [0.2, 0.25) is 0 Å². The van der Waals surface area contributed by atoms with Crippen molar-refractivity contribution >= 4 is 34.8 Å². The Morgan fingerprint density at radius 2 is 2.10 bits per heavy atom. The van der Waals surface area contributed by atoms with Crippen molar-refractivity contribution in [1.29, 1.82) is 0 Å². The molecule has 1 aromatic heterocycles. The fraction of sp³-hybridized carbons (Fsp3) is 0.250. The highest BCUT2D eigenvalue weighted by Gasteiger charge is 2.26. The molecule has 4 nitrogen and oxygen atoms in total. The van der Waals surface area contributed by atoms with Crippen LogP contribution in [0.5, 0.6) is 0 Å². The van der Waals surface area contributed by atoms with Crippen LogP contribution in [-0.2, 0) is 0 Å². The predicted molar refractivity (Wildman–Crippen MR) is 89.8 cm³/mol. The maximum absolute atomic E-state index is 5.48. The molecule has 0 aliphatic carbocycles. The van der Waals surface area contributed by atoms with Gasteiger partial charge in [0, 0.05) is 19.3 Å². The molecule has 0 amide bonds. The minimum absolute atomic E-state index is 0.778. The number of aliphatic imine (C=N–C) groups is 1. The van der Waals surface area contributed by atoms with E-state index in [1.54, 1.807) is 11.8 Å². The van der Waals surface area contributed by atoms with Gasteiger partial charge in [-0.1, -0.05) is 53.3 Å². The van der Waals surface area contributed by atoms with Crippen LogP contribution in [0, 0.1) is 6.92 Å². The molecule has 1 aliphatic heterocycles.